The fourth-order valence-electron chi connectivity index (χ4n) is 2.54. The Balaban J connectivity index is 0.00000162. The van der Waals surface area contributed by atoms with Crippen molar-refractivity contribution in [2.45, 2.75) is 31.3 Å². The predicted molar refractivity (Wildman–Crippen MR) is 74.1 cm³/mol. The zero-order chi connectivity index (χ0) is 12.3. The Morgan fingerprint density at radius 3 is 2.67 bits per heavy atom. The summed E-state index contributed by atoms with van der Waals surface area (Å²) in [7, 11) is 1.64. The molecule has 0 saturated carbocycles. The van der Waals surface area contributed by atoms with E-state index in [1.54, 1.807) is 14.0 Å². The molecule has 0 aromatic heterocycles. The number of ether oxygens (including phenoxy) is 1. The number of Topliss-reactive ketones (excluding diaryl/α,β-unsaturated/α-hetero) is 1. The lowest BCUT2D eigenvalue weighted by atomic mass is 9.94. The molecule has 0 spiro atoms. The van der Waals surface area contributed by atoms with Gasteiger partial charge in [0.05, 0.1) is 6.61 Å². The first-order valence-corrected chi connectivity index (χ1v) is 6.00. The fourth-order valence-corrected chi connectivity index (χ4v) is 2.54. The number of halogens is 1. The molecular weight excluding hydrogens is 250 g/mol. The highest BCUT2D eigenvalue weighted by atomic mass is 35.5. The van der Waals surface area contributed by atoms with Gasteiger partial charge < -0.3 is 4.74 Å². The molecule has 0 aliphatic carbocycles. The van der Waals surface area contributed by atoms with Crippen LogP contribution in [0, 0.1) is 0 Å². The van der Waals surface area contributed by atoms with Crippen LogP contribution in [0.25, 0.3) is 0 Å². The third kappa shape index (κ3) is 2.91. The van der Waals surface area contributed by atoms with E-state index in [9.17, 15) is 4.79 Å². The van der Waals surface area contributed by atoms with Crippen LogP contribution in [0.5, 0.6) is 0 Å². The number of hydrogen-bond acceptors (Lipinski definition) is 3. The molecule has 2 rings (SSSR count). The van der Waals surface area contributed by atoms with Gasteiger partial charge in [0.2, 0.25) is 0 Å². The minimum Gasteiger partial charge on any atom is -0.382 e. The van der Waals surface area contributed by atoms with Gasteiger partial charge in [-0.15, -0.1) is 12.4 Å². The van der Waals surface area contributed by atoms with Crippen molar-refractivity contribution in [3.05, 3.63) is 35.9 Å². The molecule has 1 aromatic rings. The van der Waals surface area contributed by atoms with Crippen LogP contribution < -0.4 is 5.32 Å². The second kappa shape index (κ2) is 6.32. The molecule has 4 heteroatoms. The number of methoxy groups -OCH3 is 1. The van der Waals surface area contributed by atoms with E-state index in [1.807, 2.05) is 18.2 Å². The van der Waals surface area contributed by atoms with E-state index < -0.39 is 5.54 Å². The molecule has 2 atom stereocenters. The third-order valence-corrected chi connectivity index (χ3v) is 3.58. The van der Waals surface area contributed by atoms with Gasteiger partial charge in [0.15, 0.2) is 5.78 Å². The third-order valence-electron chi connectivity index (χ3n) is 3.58. The van der Waals surface area contributed by atoms with Crippen LogP contribution >= 0.6 is 12.4 Å². The standard InChI is InChI=1S/C14H19NO2.ClH/c1-11(16)14(10-17-2)9-8-13(15-14)12-6-4-3-5-7-12;/h3-7,13,15H,8-10H2,1-2H3;1H/t13-,14+;/m0./s1. The van der Waals surface area contributed by atoms with Crippen LogP contribution in [-0.4, -0.2) is 25.0 Å². The second-order valence-corrected chi connectivity index (χ2v) is 4.72. The highest BCUT2D eigenvalue weighted by Crippen LogP contribution is 2.33. The second-order valence-electron chi connectivity index (χ2n) is 4.72. The lowest BCUT2D eigenvalue weighted by Gasteiger charge is -2.27. The molecule has 1 heterocycles. The summed E-state index contributed by atoms with van der Waals surface area (Å²) in [6.07, 6.45) is 1.82. The van der Waals surface area contributed by atoms with Gasteiger partial charge in [-0.1, -0.05) is 30.3 Å². The Bertz CT molecular complexity index is 396. The van der Waals surface area contributed by atoms with E-state index in [1.165, 1.54) is 5.56 Å². The van der Waals surface area contributed by atoms with Gasteiger partial charge in [0.1, 0.15) is 5.54 Å². The molecule has 18 heavy (non-hydrogen) atoms. The van der Waals surface area contributed by atoms with Gasteiger partial charge in [0.25, 0.3) is 0 Å². The monoisotopic (exact) mass is 269 g/mol. The van der Waals surface area contributed by atoms with E-state index >= 15 is 0 Å². The number of rotatable bonds is 4. The van der Waals surface area contributed by atoms with Crippen molar-refractivity contribution in [3.8, 4) is 0 Å². The summed E-state index contributed by atoms with van der Waals surface area (Å²) in [5.74, 6) is 0.165. The Kier molecular flexibility index (Phi) is 5.32. The topological polar surface area (TPSA) is 38.3 Å². The van der Waals surface area contributed by atoms with Gasteiger partial charge >= 0.3 is 0 Å². The van der Waals surface area contributed by atoms with Crippen LogP contribution in [0.2, 0.25) is 0 Å². The summed E-state index contributed by atoms with van der Waals surface area (Å²) in [6, 6.07) is 10.5. The number of nitrogens with one attached hydrogen (secondary N) is 1. The van der Waals surface area contributed by atoms with Crippen molar-refractivity contribution >= 4 is 18.2 Å². The zero-order valence-corrected chi connectivity index (χ0v) is 11.6. The Hall–Kier alpha value is -0.900. The van der Waals surface area contributed by atoms with Crippen LogP contribution in [0.15, 0.2) is 30.3 Å². The first-order chi connectivity index (χ1) is 8.18. The molecule has 1 N–H and O–H groups in total. The highest BCUT2D eigenvalue weighted by Gasteiger charge is 2.42. The number of carbonyl (C=O) groups is 1. The van der Waals surface area contributed by atoms with Gasteiger partial charge in [-0.05, 0) is 25.3 Å². The van der Waals surface area contributed by atoms with E-state index in [2.05, 4.69) is 17.4 Å². The molecule has 3 nitrogen and oxygen atoms in total. The summed E-state index contributed by atoms with van der Waals surface area (Å²) in [5, 5.41) is 3.45. The minimum absolute atomic E-state index is 0. The molecule has 1 aromatic carbocycles. The number of hydrogen-bond donors (Lipinski definition) is 1. The predicted octanol–water partition coefficient (Wildman–Crippen LogP) is 2.51. The largest absolute Gasteiger partial charge is 0.382 e. The van der Waals surface area contributed by atoms with Crippen molar-refractivity contribution in [2.24, 2.45) is 0 Å². The van der Waals surface area contributed by atoms with Crippen LogP contribution in [0.1, 0.15) is 31.4 Å². The molecule has 1 aliphatic heterocycles. The molecular formula is C14H20ClNO2. The van der Waals surface area contributed by atoms with Crippen molar-refractivity contribution in [2.75, 3.05) is 13.7 Å². The lowest BCUT2D eigenvalue weighted by Crippen LogP contribution is -2.50. The highest BCUT2D eigenvalue weighted by molar-refractivity contribution is 5.86. The molecule has 100 valence electrons. The van der Waals surface area contributed by atoms with Crippen molar-refractivity contribution < 1.29 is 9.53 Å². The van der Waals surface area contributed by atoms with E-state index in [4.69, 9.17) is 4.74 Å². The molecule has 0 unspecified atom stereocenters. The van der Waals surface area contributed by atoms with Crippen molar-refractivity contribution in [3.63, 3.8) is 0 Å². The maximum atomic E-state index is 11.8. The number of benzene rings is 1. The van der Waals surface area contributed by atoms with Crippen molar-refractivity contribution in [1.29, 1.82) is 0 Å². The lowest BCUT2D eigenvalue weighted by molar-refractivity contribution is -0.124. The maximum absolute atomic E-state index is 11.8. The van der Waals surface area contributed by atoms with Crippen LogP contribution in [0.4, 0.5) is 0 Å². The first kappa shape index (κ1) is 15.2. The number of ketones is 1. The molecule has 1 saturated heterocycles. The van der Waals surface area contributed by atoms with Gasteiger partial charge in [-0.3, -0.25) is 10.1 Å². The van der Waals surface area contributed by atoms with E-state index in [0.29, 0.717) is 6.61 Å². The van der Waals surface area contributed by atoms with Gasteiger partial charge in [0, 0.05) is 13.2 Å². The summed E-state index contributed by atoms with van der Waals surface area (Å²) in [4.78, 5) is 11.8. The van der Waals surface area contributed by atoms with Crippen LogP contribution in [0.3, 0.4) is 0 Å². The van der Waals surface area contributed by atoms with E-state index in [0.717, 1.165) is 12.8 Å². The smallest absolute Gasteiger partial charge is 0.152 e. The van der Waals surface area contributed by atoms with Gasteiger partial charge in [-0.25, -0.2) is 0 Å². The normalized spacial score (nSPS) is 26.7. The zero-order valence-electron chi connectivity index (χ0n) is 10.8. The molecule has 0 amide bonds. The Morgan fingerprint density at radius 2 is 2.11 bits per heavy atom. The molecule has 1 aliphatic rings. The average Bonchev–Trinajstić information content (AvgIpc) is 2.76. The molecule has 0 radical (unpaired) electrons. The summed E-state index contributed by atoms with van der Waals surface area (Å²) in [5.41, 5.74) is 0.752. The SMILES string of the molecule is COC[C@@]1(C(C)=O)CC[C@@H](c2ccccc2)N1.Cl. The minimum atomic E-state index is -0.491. The molecule has 0 bridgehead atoms. The number of carbonyl (C=O) groups excluding carboxylic acids is 1. The summed E-state index contributed by atoms with van der Waals surface area (Å²) in [6.45, 7) is 2.09. The van der Waals surface area contributed by atoms with E-state index in [-0.39, 0.29) is 24.2 Å². The fraction of sp³-hybridized carbons (Fsp3) is 0.500. The Labute approximate surface area is 114 Å². The van der Waals surface area contributed by atoms with Gasteiger partial charge in [-0.2, -0.15) is 0 Å². The average molecular weight is 270 g/mol. The van der Waals surface area contributed by atoms with Crippen LogP contribution in [-0.2, 0) is 9.53 Å². The Morgan fingerprint density at radius 1 is 1.44 bits per heavy atom. The molecule has 1 fully saturated rings. The first-order valence-electron chi connectivity index (χ1n) is 6.00. The van der Waals surface area contributed by atoms with Crippen molar-refractivity contribution in [1.82, 2.24) is 5.32 Å². The maximum Gasteiger partial charge on any atom is 0.152 e. The summed E-state index contributed by atoms with van der Waals surface area (Å²) >= 11 is 0. The quantitative estimate of drug-likeness (QED) is 0.913. The summed E-state index contributed by atoms with van der Waals surface area (Å²) < 4.78 is 5.19.